The molecule has 30 heavy (non-hydrogen) atoms. The van der Waals surface area contributed by atoms with Crippen molar-refractivity contribution in [1.29, 1.82) is 0 Å². The second-order valence-corrected chi connectivity index (χ2v) is 7.12. The van der Waals surface area contributed by atoms with Gasteiger partial charge in [-0.1, -0.05) is 23.8 Å². The van der Waals surface area contributed by atoms with Gasteiger partial charge in [0.25, 0.3) is 5.91 Å². The minimum absolute atomic E-state index is 0.199. The maximum Gasteiger partial charge on any atom is 0.255 e. The molecule has 5 heteroatoms. The standard InChI is InChI=1S/C25H22N2O3/c1-16-7-8-17(2)22(13-16)23-15-30-25(27-23)18-9-11-20(12-10-18)26-24(28)19-5-4-6-21(14-19)29-3/h4-15H,1-3H3,(H,26,28). The lowest BCUT2D eigenvalue weighted by molar-refractivity contribution is 0.102. The van der Waals surface area contributed by atoms with Crippen molar-refractivity contribution >= 4 is 11.6 Å². The number of methoxy groups -OCH3 is 1. The number of nitrogens with zero attached hydrogens (tertiary/aromatic N) is 1. The lowest BCUT2D eigenvalue weighted by Gasteiger charge is -2.07. The second kappa shape index (κ2) is 8.25. The number of aromatic nitrogens is 1. The van der Waals surface area contributed by atoms with Gasteiger partial charge in [0.05, 0.1) is 7.11 Å². The van der Waals surface area contributed by atoms with E-state index >= 15 is 0 Å². The number of anilines is 1. The van der Waals surface area contributed by atoms with Crippen molar-refractivity contribution < 1.29 is 13.9 Å². The summed E-state index contributed by atoms with van der Waals surface area (Å²) in [4.78, 5) is 17.1. The van der Waals surface area contributed by atoms with E-state index in [4.69, 9.17) is 9.15 Å². The topological polar surface area (TPSA) is 64.4 Å². The van der Waals surface area contributed by atoms with E-state index in [0.717, 1.165) is 22.4 Å². The number of ether oxygens (including phenoxy) is 1. The molecule has 0 atom stereocenters. The third-order valence-electron chi connectivity index (χ3n) is 4.89. The summed E-state index contributed by atoms with van der Waals surface area (Å²) in [5.41, 5.74) is 6.25. The van der Waals surface area contributed by atoms with Crippen LogP contribution in [0.1, 0.15) is 21.5 Å². The predicted octanol–water partition coefficient (Wildman–Crippen LogP) is 5.89. The lowest BCUT2D eigenvalue weighted by Crippen LogP contribution is -2.11. The van der Waals surface area contributed by atoms with Crippen molar-refractivity contribution in [3.05, 3.63) is 89.7 Å². The lowest BCUT2D eigenvalue weighted by atomic mass is 10.0. The molecule has 0 aliphatic heterocycles. The Hall–Kier alpha value is -3.86. The molecule has 4 rings (SSSR count). The molecule has 4 aromatic rings. The molecule has 0 fully saturated rings. The van der Waals surface area contributed by atoms with Crippen molar-refractivity contribution in [1.82, 2.24) is 4.98 Å². The highest BCUT2D eigenvalue weighted by Crippen LogP contribution is 2.28. The van der Waals surface area contributed by atoms with Crippen LogP contribution in [0.5, 0.6) is 5.75 Å². The Balaban J connectivity index is 1.51. The number of oxazole rings is 1. The molecule has 1 aromatic heterocycles. The molecule has 0 saturated carbocycles. The Labute approximate surface area is 175 Å². The summed E-state index contributed by atoms with van der Waals surface area (Å²) < 4.78 is 10.9. The van der Waals surface area contributed by atoms with Gasteiger partial charge in [0.1, 0.15) is 17.7 Å². The Morgan fingerprint density at radius 2 is 1.80 bits per heavy atom. The number of hydrogen-bond acceptors (Lipinski definition) is 4. The van der Waals surface area contributed by atoms with Crippen LogP contribution in [0.25, 0.3) is 22.7 Å². The van der Waals surface area contributed by atoms with Crippen LogP contribution in [-0.2, 0) is 0 Å². The van der Waals surface area contributed by atoms with Crippen LogP contribution in [-0.4, -0.2) is 18.0 Å². The zero-order valence-corrected chi connectivity index (χ0v) is 17.1. The van der Waals surface area contributed by atoms with Gasteiger partial charge < -0.3 is 14.5 Å². The van der Waals surface area contributed by atoms with Gasteiger partial charge in [-0.3, -0.25) is 4.79 Å². The van der Waals surface area contributed by atoms with Gasteiger partial charge in [-0.2, -0.15) is 0 Å². The van der Waals surface area contributed by atoms with E-state index < -0.39 is 0 Å². The summed E-state index contributed by atoms with van der Waals surface area (Å²) in [6, 6.07) is 20.7. The number of carbonyl (C=O) groups excluding carboxylic acids is 1. The van der Waals surface area contributed by atoms with Crippen LogP contribution in [0.15, 0.2) is 77.4 Å². The van der Waals surface area contributed by atoms with Gasteiger partial charge in [0, 0.05) is 22.4 Å². The summed E-state index contributed by atoms with van der Waals surface area (Å²) in [7, 11) is 1.57. The molecule has 0 radical (unpaired) electrons. The van der Waals surface area contributed by atoms with Crippen molar-refractivity contribution in [2.75, 3.05) is 12.4 Å². The average molecular weight is 398 g/mol. The normalized spacial score (nSPS) is 10.6. The fourth-order valence-corrected chi connectivity index (χ4v) is 3.21. The molecule has 1 amide bonds. The highest BCUT2D eigenvalue weighted by Gasteiger charge is 2.12. The average Bonchev–Trinajstić information content (AvgIpc) is 3.26. The molecule has 1 heterocycles. The first-order chi connectivity index (χ1) is 14.5. The Kier molecular flexibility index (Phi) is 5.35. The quantitative estimate of drug-likeness (QED) is 0.455. The summed E-state index contributed by atoms with van der Waals surface area (Å²) in [5, 5.41) is 2.89. The van der Waals surface area contributed by atoms with Gasteiger partial charge in [-0.15, -0.1) is 0 Å². The summed E-state index contributed by atoms with van der Waals surface area (Å²) in [6.07, 6.45) is 1.68. The third kappa shape index (κ3) is 4.10. The van der Waals surface area contributed by atoms with Gasteiger partial charge in [-0.25, -0.2) is 4.98 Å². The van der Waals surface area contributed by atoms with Gasteiger partial charge in [-0.05, 0) is 67.9 Å². The number of nitrogens with one attached hydrogen (secondary N) is 1. The maximum absolute atomic E-state index is 12.5. The third-order valence-corrected chi connectivity index (χ3v) is 4.89. The van der Waals surface area contributed by atoms with E-state index in [-0.39, 0.29) is 5.91 Å². The molecule has 0 spiro atoms. The number of carbonyl (C=O) groups is 1. The SMILES string of the molecule is COc1cccc(C(=O)Nc2ccc(-c3nc(-c4cc(C)ccc4C)co3)cc2)c1. The molecule has 1 N–H and O–H groups in total. The van der Waals surface area contributed by atoms with Crippen molar-refractivity contribution in [3.63, 3.8) is 0 Å². The minimum Gasteiger partial charge on any atom is -0.497 e. The molecule has 0 unspecified atom stereocenters. The molecule has 0 bridgehead atoms. The molecular weight excluding hydrogens is 376 g/mol. The molecule has 5 nitrogen and oxygen atoms in total. The zero-order chi connectivity index (χ0) is 21.1. The van der Waals surface area contributed by atoms with Crippen molar-refractivity contribution in [3.8, 4) is 28.5 Å². The van der Waals surface area contributed by atoms with Crippen LogP contribution >= 0.6 is 0 Å². The molecular formula is C25H22N2O3. The van der Waals surface area contributed by atoms with Crippen LogP contribution < -0.4 is 10.1 Å². The number of benzene rings is 3. The second-order valence-electron chi connectivity index (χ2n) is 7.12. The minimum atomic E-state index is -0.199. The highest BCUT2D eigenvalue weighted by molar-refractivity contribution is 6.04. The number of aryl methyl sites for hydroxylation is 2. The predicted molar refractivity (Wildman–Crippen MR) is 118 cm³/mol. The molecule has 0 aliphatic rings. The van der Waals surface area contributed by atoms with Crippen LogP contribution in [0.2, 0.25) is 0 Å². The van der Waals surface area contributed by atoms with E-state index in [1.807, 2.05) is 24.3 Å². The monoisotopic (exact) mass is 398 g/mol. The Morgan fingerprint density at radius 3 is 2.57 bits per heavy atom. The zero-order valence-electron chi connectivity index (χ0n) is 17.1. The summed E-state index contributed by atoms with van der Waals surface area (Å²) in [5.74, 6) is 0.980. The summed E-state index contributed by atoms with van der Waals surface area (Å²) >= 11 is 0. The fourth-order valence-electron chi connectivity index (χ4n) is 3.21. The molecule has 150 valence electrons. The molecule has 0 saturated heterocycles. The van der Waals surface area contributed by atoms with Gasteiger partial charge in [0.2, 0.25) is 5.89 Å². The fraction of sp³-hybridized carbons (Fsp3) is 0.120. The maximum atomic E-state index is 12.5. The number of amides is 1. The number of rotatable bonds is 5. The van der Waals surface area contributed by atoms with Gasteiger partial charge >= 0.3 is 0 Å². The molecule has 0 aliphatic carbocycles. The van der Waals surface area contributed by atoms with E-state index in [9.17, 15) is 4.79 Å². The van der Waals surface area contributed by atoms with Crippen LogP contribution in [0.4, 0.5) is 5.69 Å². The first-order valence-electron chi connectivity index (χ1n) is 9.62. The van der Waals surface area contributed by atoms with E-state index in [1.54, 1.807) is 37.6 Å². The van der Waals surface area contributed by atoms with E-state index in [0.29, 0.717) is 22.9 Å². The van der Waals surface area contributed by atoms with Crippen LogP contribution in [0, 0.1) is 13.8 Å². The Bertz CT molecular complexity index is 1190. The highest BCUT2D eigenvalue weighted by atomic mass is 16.5. The first-order valence-corrected chi connectivity index (χ1v) is 9.62. The van der Waals surface area contributed by atoms with Gasteiger partial charge in [0.15, 0.2) is 0 Å². The van der Waals surface area contributed by atoms with Crippen molar-refractivity contribution in [2.24, 2.45) is 0 Å². The number of hydrogen-bond donors (Lipinski definition) is 1. The first kappa shape index (κ1) is 19.5. The molecule has 3 aromatic carbocycles. The van der Waals surface area contributed by atoms with Crippen LogP contribution in [0.3, 0.4) is 0 Å². The summed E-state index contributed by atoms with van der Waals surface area (Å²) in [6.45, 7) is 4.12. The van der Waals surface area contributed by atoms with Crippen molar-refractivity contribution in [2.45, 2.75) is 13.8 Å². The largest absolute Gasteiger partial charge is 0.497 e. The van der Waals surface area contributed by atoms with E-state index in [1.165, 1.54) is 5.56 Å². The van der Waals surface area contributed by atoms with E-state index in [2.05, 4.69) is 42.3 Å². The smallest absolute Gasteiger partial charge is 0.255 e. The Morgan fingerprint density at radius 1 is 1.00 bits per heavy atom.